The number of hydrogen-bond acceptors (Lipinski definition) is 5. The van der Waals surface area contributed by atoms with Gasteiger partial charge in [0.05, 0.1) is 19.3 Å². The van der Waals surface area contributed by atoms with Crippen LogP contribution < -0.4 is 15.4 Å². The molecule has 2 saturated heterocycles. The second-order valence-electron chi connectivity index (χ2n) is 8.27. The molecule has 1 aromatic carbocycles. The molecule has 28 heavy (non-hydrogen) atoms. The number of morpholine rings is 1. The van der Waals surface area contributed by atoms with Crippen LogP contribution in [0.2, 0.25) is 0 Å². The van der Waals surface area contributed by atoms with Crippen molar-refractivity contribution in [2.24, 2.45) is 5.92 Å². The molecule has 2 N–H and O–H groups in total. The molecule has 1 aliphatic carbocycles. The van der Waals surface area contributed by atoms with Gasteiger partial charge >= 0.3 is 0 Å². The van der Waals surface area contributed by atoms with Gasteiger partial charge in [-0.05, 0) is 50.2 Å². The minimum absolute atomic E-state index is 0. The van der Waals surface area contributed by atoms with E-state index in [1.54, 1.807) is 0 Å². The zero-order chi connectivity index (χ0) is 18.5. The molecule has 2 heterocycles. The topological polar surface area (TPSA) is 51.8 Å². The van der Waals surface area contributed by atoms with Gasteiger partial charge in [0.25, 0.3) is 0 Å². The first-order valence-corrected chi connectivity index (χ1v) is 10.7. The van der Waals surface area contributed by atoms with Crippen LogP contribution in [0.15, 0.2) is 18.2 Å². The van der Waals surface area contributed by atoms with E-state index in [-0.39, 0.29) is 18.5 Å². The van der Waals surface area contributed by atoms with Crippen molar-refractivity contribution in [2.75, 3.05) is 33.0 Å². The van der Waals surface area contributed by atoms with Gasteiger partial charge in [0, 0.05) is 37.3 Å². The van der Waals surface area contributed by atoms with Crippen LogP contribution >= 0.6 is 12.4 Å². The van der Waals surface area contributed by atoms with Crippen LogP contribution in [-0.4, -0.2) is 51.2 Å². The molecule has 2 aliphatic heterocycles. The molecule has 5 nitrogen and oxygen atoms in total. The number of hydrogen-bond donors (Lipinski definition) is 2. The van der Waals surface area contributed by atoms with Gasteiger partial charge in [-0.2, -0.15) is 0 Å². The number of nitrogens with one attached hydrogen (secondary N) is 2. The summed E-state index contributed by atoms with van der Waals surface area (Å²) in [5.74, 6) is 1.67. The molecule has 3 fully saturated rings. The van der Waals surface area contributed by atoms with E-state index < -0.39 is 0 Å². The fraction of sp³-hybridized carbons (Fsp3) is 0.727. The summed E-state index contributed by atoms with van der Waals surface area (Å²) in [7, 11) is 0. The summed E-state index contributed by atoms with van der Waals surface area (Å²) in [6.45, 7) is 7.18. The van der Waals surface area contributed by atoms with E-state index >= 15 is 0 Å². The zero-order valence-electron chi connectivity index (χ0n) is 17.0. The molecule has 158 valence electrons. The first kappa shape index (κ1) is 21.8. The normalized spacial score (nSPS) is 30.2. The first-order chi connectivity index (χ1) is 13.3. The summed E-state index contributed by atoms with van der Waals surface area (Å²) in [6, 6.07) is 7.59. The maximum atomic E-state index is 6.16. The van der Waals surface area contributed by atoms with Crippen molar-refractivity contribution in [1.29, 1.82) is 0 Å². The minimum Gasteiger partial charge on any atom is -0.491 e. The summed E-state index contributed by atoms with van der Waals surface area (Å²) >= 11 is 0. The van der Waals surface area contributed by atoms with Gasteiger partial charge in [0.15, 0.2) is 0 Å². The largest absolute Gasteiger partial charge is 0.491 e. The smallest absolute Gasteiger partial charge is 0.124 e. The summed E-state index contributed by atoms with van der Waals surface area (Å²) in [5, 5.41) is 7.48. The number of ether oxygens (including phenoxy) is 3. The lowest BCUT2D eigenvalue weighted by molar-refractivity contribution is 0.0523. The second kappa shape index (κ2) is 10.8. The van der Waals surface area contributed by atoms with Gasteiger partial charge in [-0.3, -0.25) is 0 Å². The standard InChI is InChI=1S/C22H34N2O3.ClH/c1-16-7-8-17(22(12-16)27-14-18-4-3-10-26-18)13-24-20-6-2-5-19(20)21-15-25-11-9-23-21;/h7-8,12,18-21,23-24H,2-6,9-11,13-15H2,1H3;1H. The highest BCUT2D eigenvalue weighted by Gasteiger charge is 2.34. The Labute approximate surface area is 175 Å². The Hall–Kier alpha value is -0.850. The van der Waals surface area contributed by atoms with E-state index in [9.17, 15) is 0 Å². The summed E-state index contributed by atoms with van der Waals surface area (Å²) in [5.41, 5.74) is 2.49. The van der Waals surface area contributed by atoms with Crippen molar-refractivity contribution in [3.05, 3.63) is 29.3 Å². The minimum atomic E-state index is 0. The van der Waals surface area contributed by atoms with Crippen molar-refractivity contribution >= 4 is 12.4 Å². The molecular weight excluding hydrogens is 376 g/mol. The third-order valence-corrected chi connectivity index (χ3v) is 6.26. The number of benzene rings is 1. The maximum Gasteiger partial charge on any atom is 0.124 e. The highest BCUT2D eigenvalue weighted by atomic mass is 35.5. The molecule has 1 aromatic rings. The van der Waals surface area contributed by atoms with Gasteiger partial charge < -0.3 is 24.8 Å². The first-order valence-electron chi connectivity index (χ1n) is 10.7. The third-order valence-electron chi connectivity index (χ3n) is 6.26. The SMILES string of the molecule is Cc1ccc(CNC2CCCC2C2COCCN2)c(OCC2CCCO2)c1.Cl. The van der Waals surface area contributed by atoms with Crippen molar-refractivity contribution in [2.45, 2.75) is 63.8 Å². The maximum absolute atomic E-state index is 6.16. The van der Waals surface area contributed by atoms with E-state index in [2.05, 4.69) is 35.8 Å². The van der Waals surface area contributed by atoms with E-state index in [0.717, 1.165) is 51.5 Å². The van der Waals surface area contributed by atoms with E-state index in [4.69, 9.17) is 14.2 Å². The van der Waals surface area contributed by atoms with Gasteiger partial charge in [-0.25, -0.2) is 0 Å². The average Bonchev–Trinajstić information content (AvgIpc) is 3.38. The Kier molecular flexibility index (Phi) is 8.42. The fourth-order valence-corrected chi connectivity index (χ4v) is 4.73. The van der Waals surface area contributed by atoms with Crippen LogP contribution in [0.4, 0.5) is 0 Å². The highest BCUT2D eigenvalue weighted by molar-refractivity contribution is 5.85. The Balaban J connectivity index is 0.00000225. The molecule has 0 radical (unpaired) electrons. The monoisotopic (exact) mass is 410 g/mol. The van der Waals surface area contributed by atoms with Gasteiger partial charge in [-0.1, -0.05) is 18.6 Å². The Bertz CT molecular complexity index is 603. The molecule has 6 heteroatoms. The zero-order valence-corrected chi connectivity index (χ0v) is 17.8. The van der Waals surface area contributed by atoms with E-state index in [1.165, 1.54) is 30.4 Å². The quantitative estimate of drug-likeness (QED) is 0.722. The number of aryl methyl sites for hydroxylation is 1. The van der Waals surface area contributed by atoms with Crippen LogP contribution in [0.1, 0.15) is 43.2 Å². The summed E-state index contributed by atoms with van der Waals surface area (Å²) in [6.07, 6.45) is 6.35. The third kappa shape index (κ3) is 5.61. The van der Waals surface area contributed by atoms with E-state index in [0.29, 0.717) is 24.6 Å². The highest BCUT2D eigenvalue weighted by Crippen LogP contribution is 2.30. The molecule has 0 amide bonds. The molecule has 0 aromatic heterocycles. The van der Waals surface area contributed by atoms with Crippen molar-refractivity contribution in [3.8, 4) is 5.75 Å². The molecule has 1 saturated carbocycles. The summed E-state index contributed by atoms with van der Waals surface area (Å²) in [4.78, 5) is 0. The number of rotatable bonds is 7. The second-order valence-corrected chi connectivity index (χ2v) is 8.27. The van der Waals surface area contributed by atoms with Gasteiger partial charge in [0.1, 0.15) is 12.4 Å². The number of halogens is 1. The fourth-order valence-electron chi connectivity index (χ4n) is 4.73. The van der Waals surface area contributed by atoms with Crippen LogP contribution in [0.25, 0.3) is 0 Å². The predicted molar refractivity (Wildman–Crippen MR) is 113 cm³/mol. The van der Waals surface area contributed by atoms with Crippen LogP contribution in [0.5, 0.6) is 5.75 Å². The molecular formula is C22H35ClN2O3. The lowest BCUT2D eigenvalue weighted by atomic mass is 9.94. The molecule has 4 atom stereocenters. The van der Waals surface area contributed by atoms with Crippen LogP contribution in [0, 0.1) is 12.8 Å². The van der Waals surface area contributed by atoms with Crippen LogP contribution in [0.3, 0.4) is 0 Å². The lowest BCUT2D eigenvalue weighted by Gasteiger charge is -2.33. The van der Waals surface area contributed by atoms with Gasteiger partial charge in [-0.15, -0.1) is 12.4 Å². The molecule has 4 rings (SSSR count). The van der Waals surface area contributed by atoms with Crippen molar-refractivity contribution in [3.63, 3.8) is 0 Å². The predicted octanol–water partition coefficient (Wildman–Crippen LogP) is 3.22. The van der Waals surface area contributed by atoms with Gasteiger partial charge in [0.2, 0.25) is 0 Å². The van der Waals surface area contributed by atoms with E-state index in [1.807, 2.05) is 0 Å². The molecule has 0 spiro atoms. The summed E-state index contributed by atoms with van der Waals surface area (Å²) < 4.78 is 17.6. The molecule has 3 aliphatic rings. The average molecular weight is 411 g/mol. The Morgan fingerprint density at radius 1 is 1.18 bits per heavy atom. The molecule has 0 bridgehead atoms. The lowest BCUT2D eigenvalue weighted by Crippen LogP contribution is -2.50. The molecule has 4 unspecified atom stereocenters. The van der Waals surface area contributed by atoms with Crippen LogP contribution in [-0.2, 0) is 16.0 Å². The Morgan fingerprint density at radius 2 is 2.11 bits per heavy atom. The van der Waals surface area contributed by atoms with Crippen molar-refractivity contribution < 1.29 is 14.2 Å². The Morgan fingerprint density at radius 3 is 2.89 bits per heavy atom. The van der Waals surface area contributed by atoms with Crippen molar-refractivity contribution in [1.82, 2.24) is 10.6 Å².